The topological polar surface area (TPSA) is 96.5 Å². The minimum Gasteiger partial charge on any atom is -0.493 e. The van der Waals surface area contributed by atoms with Gasteiger partial charge in [0.2, 0.25) is 21.8 Å². The summed E-state index contributed by atoms with van der Waals surface area (Å²) in [6, 6.07) is 14.1. The Morgan fingerprint density at radius 2 is 1.70 bits per heavy atom. The van der Waals surface area contributed by atoms with Gasteiger partial charge >= 0.3 is 0 Å². The van der Waals surface area contributed by atoms with Crippen molar-refractivity contribution in [3.05, 3.63) is 59.7 Å². The van der Waals surface area contributed by atoms with Gasteiger partial charge in [-0.05, 0) is 56.2 Å². The van der Waals surface area contributed by atoms with Gasteiger partial charge in [0.1, 0.15) is 5.75 Å². The molecule has 0 N–H and O–H groups in total. The summed E-state index contributed by atoms with van der Waals surface area (Å²) in [5.41, 5.74) is 1.68. The van der Waals surface area contributed by atoms with Crippen molar-refractivity contribution in [2.45, 2.75) is 44.0 Å². The fourth-order valence-corrected chi connectivity index (χ4v) is 7.27. The standard InChI is InChI=1S/C30H39N3O6S/c1-23-8-10-27(11-9-23)40(36,37)33-21-26-5-2-3-7-28(26)39-16-4-6-25-20-32(30(35)22-33)13-12-24(25)19-29(34)31-14-17-38-18-15-31/h2-3,5,7-11,24-25H,4,6,12-22H2,1H3/t24-,25-/m0/s1. The van der Waals surface area contributed by atoms with Crippen molar-refractivity contribution in [1.82, 2.24) is 14.1 Å². The van der Waals surface area contributed by atoms with Crippen molar-refractivity contribution in [1.29, 1.82) is 0 Å². The number of hydrogen-bond acceptors (Lipinski definition) is 6. The molecule has 2 saturated heterocycles. The summed E-state index contributed by atoms with van der Waals surface area (Å²) in [5.74, 6) is 0.877. The van der Waals surface area contributed by atoms with E-state index in [1.165, 1.54) is 4.31 Å². The van der Waals surface area contributed by atoms with Crippen LogP contribution >= 0.6 is 0 Å². The molecule has 0 spiro atoms. The van der Waals surface area contributed by atoms with Crippen LogP contribution in [0.25, 0.3) is 0 Å². The van der Waals surface area contributed by atoms with E-state index >= 15 is 0 Å². The number of hydrogen-bond donors (Lipinski definition) is 0. The first-order chi connectivity index (χ1) is 19.3. The lowest BCUT2D eigenvalue weighted by Gasteiger charge is -2.40. The van der Waals surface area contributed by atoms with Gasteiger partial charge in [0.15, 0.2) is 0 Å². The van der Waals surface area contributed by atoms with E-state index in [0.717, 1.165) is 30.4 Å². The predicted octanol–water partition coefficient (Wildman–Crippen LogP) is 3.07. The van der Waals surface area contributed by atoms with Crippen LogP contribution < -0.4 is 4.74 Å². The molecule has 9 nitrogen and oxygen atoms in total. The Hall–Kier alpha value is -2.95. The molecule has 3 aliphatic heterocycles. The summed E-state index contributed by atoms with van der Waals surface area (Å²) >= 11 is 0. The van der Waals surface area contributed by atoms with E-state index in [4.69, 9.17) is 9.47 Å². The lowest BCUT2D eigenvalue weighted by atomic mass is 9.80. The van der Waals surface area contributed by atoms with E-state index < -0.39 is 10.0 Å². The summed E-state index contributed by atoms with van der Waals surface area (Å²) in [5, 5.41) is 0. The van der Waals surface area contributed by atoms with Crippen LogP contribution in [-0.4, -0.2) is 86.9 Å². The average Bonchev–Trinajstić information content (AvgIpc) is 2.97. The minimum atomic E-state index is -3.95. The third-order valence-electron chi connectivity index (χ3n) is 8.31. The van der Waals surface area contributed by atoms with Crippen LogP contribution in [0.1, 0.15) is 36.8 Å². The first-order valence-corrected chi connectivity index (χ1v) is 15.7. The van der Waals surface area contributed by atoms with Crippen molar-refractivity contribution in [3.63, 3.8) is 0 Å². The van der Waals surface area contributed by atoms with Crippen LogP contribution in [0.3, 0.4) is 0 Å². The second kappa shape index (κ2) is 12.7. The molecular formula is C30H39N3O6S. The van der Waals surface area contributed by atoms with Crippen LogP contribution in [0.15, 0.2) is 53.4 Å². The average molecular weight is 570 g/mol. The summed E-state index contributed by atoms with van der Waals surface area (Å²) in [7, 11) is -3.95. The van der Waals surface area contributed by atoms with E-state index in [9.17, 15) is 18.0 Å². The number of aryl methyl sites for hydroxylation is 1. The number of para-hydroxylation sites is 1. The van der Waals surface area contributed by atoms with Crippen LogP contribution in [0.5, 0.6) is 5.75 Å². The molecule has 3 heterocycles. The number of ether oxygens (including phenoxy) is 2. The highest BCUT2D eigenvalue weighted by Gasteiger charge is 2.36. The summed E-state index contributed by atoms with van der Waals surface area (Å²) in [4.78, 5) is 30.5. The minimum absolute atomic E-state index is 0.0338. The molecule has 2 amide bonds. The van der Waals surface area contributed by atoms with Crippen LogP contribution in [0.2, 0.25) is 0 Å². The molecule has 0 saturated carbocycles. The van der Waals surface area contributed by atoms with Gasteiger partial charge in [0.05, 0.1) is 31.3 Å². The highest BCUT2D eigenvalue weighted by molar-refractivity contribution is 7.89. The Morgan fingerprint density at radius 1 is 0.950 bits per heavy atom. The van der Waals surface area contributed by atoms with Crippen molar-refractivity contribution in [3.8, 4) is 5.75 Å². The maximum Gasteiger partial charge on any atom is 0.243 e. The second-order valence-corrected chi connectivity index (χ2v) is 13.0. The number of sulfonamides is 1. The fourth-order valence-electron chi connectivity index (χ4n) is 5.90. The van der Waals surface area contributed by atoms with Gasteiger partial charge in [0, 0.05) is 44.7 Å². The Balaban J connectivity index is 1.39. The van der Waals surface area contributed by atoms with Crippen LogP contribution in [0.4, 0.5) is 0 Å². The van der Waals surface area contributed by atoms with E-state index in [0.29, 0.717) is 58.2 Å². The van der Waals surface area contributed by atoms with Crippen LogP contribution in [-0.2, 0) is 30.9 Å². The number of rotatable bonds is 4. The Labute approximate surface area is 237 Å². The third-order valence-corrected chi connectivity index (χ3v) is 10.1. The Morgan fingerprint density at radius 3 is 2.48 bits per heavy atom. The number of amides is 2. The van der Waals surface area contributed by atoms with Gasteiger partial charge in [-0.1, -0.05) is 35.9 Å². The van der Waals surface area contributed by atoms with E-state index in [-0.39, 0.29) is 41.6 Å². The number of benzene rings is 2. The molecule has 0 unspecified atom stereocenters. The highest BCUT2D eigenvalue weighted by Crippen LogP contribution is 2.32. The van der Waals surface area contributed by atoms with Gasteiger partial charge in [-0.2, -0.15) is 4.31 Å². The largest absolute Gasteiger partial charge is 0.493 e. The zero-order valence-corrected chi connectivity index (χ0v) is 24.0. The second-order valence-electron chi connectivity index (χ2n) is 11.0. The number of piperidine rings is 1. The molecule has 2 aromatic carbocycles. The quantitative estimate of drug-likeness (QED) is 0.562. The van der Waals surface area contributed by atoms with Gasteiger partial charge in [-0.3, -0.25) is 9.59 Å². The smallest absolute Gasteiger partial charge is 0.243 e. The molecule has 0 aromatic heterocycles. The SMILES string of the molecule is Cc1ccc(S(=O)(=O)N2CC(=O)N3CC[C@@H](CC(=O)N4CCOCC4)[C@@H](CCCOc4ccccc4C2)C3)cc1. The third kappa shape index (κ3) is 6.67. The molecule has 0 aliphatic carbocycles. The molecular weight excluding hydrogens is 530 g/mol. The monoisotopic (exact) mass is 569 g/mol. The molecule has 2 bridgehead atoms. The molecule has 5 rings (SSSR count). The van der Waals surface area contributed by atoms with Crippen molar-refractivity contribution in [2.75, 3.05) is 52.5 Å². The first kappa shape index (κ1) is 28.6. The first-order valence-electron chi connectivity index (χ1n) is 14.2. The fraction of sp³-hybridized carbons (Fsp3) is 0.533. The number of fused-ring (bicyclic) bond motifs is 3. The maximum absolute atomic E-state index is 13.8. The number of nitrogens with zero attached hydrogens (tertiary/aromatic N) is 3. The van der Waals surface area contributed by atoms with Crippen molar-refractivity contribution in [2.24, 2.45) is 11.8 Å². The molecule has 40 heavy (non-hydrogen) atoms. The normalized spacial score (nSPS) is 23.3. The van der Waals surface area contributed by atoms with Gasteiger partial charge < -0.3 is 19.3 Å². The van der Waals surface area contributed by atoms with E-state index in [1.807, 2.05) is 36.1 Å². The molecule has 2 atom stereocenters. The van der Waals surface area contributed by atoms with Crippen molar-refractivity contribution >= 4 is 21.8 Å². The van der Waals surface area contributed by atoms with Crippen LogP contribution in [0, 0.1) is 18.8 Å². The maximum atomic E-state index is 13.8. The molecule has 216 valence electrons. The predicted molar refractivity (Wildman–Crippen MR) is 150 cm³/mol. The highest BCUT2D eigenvalue weighted by atomic mass is 32.2. The van der Waals surface area contributed by atoms with Gasteiger partial charge in [0.25, 0.3) is 0 Å². The van der Waals surface area contributed by atoms with Gasteiger partial charge in [-0.25, -0.2) is 8.42 Å². The molecule has 0 radical (unpaired) electrons. The summed E-state index contributed by atoms with van der Waals surface area (Å²) in [6.07, 6.45) is 2.80. The summed E-state index contributed by atoms with van der Waals surface area (Å²) < 4.78 is 40.4. The number of carbonyl (C=O) groups is 2. The lowest BCUT2D eigenvalue weighted by molar-refractivity contribution is -0.138. The Kier molecular flexibility index (Phi) is 9.07. The molecule has 3 aliphatic rings. The molecule has 10 heteroatoms. The van der Waals surface area contributed by atoms with Crippen molar-refractivity contribution < 1.29 is 27.5 Å². The Bertz CT molecular complexity index is 1290. The molecule has 2 aromatic rings. The number of carbonyl (C=O) groups excluding carboxylic acids is 2. The van der Waals surface area contributed by atoms with Gasteiger partial charge in [-0.15, -0.1) is 0 Å². The number of morpholine rings is 1. The van der Waals surface area contributed by atoms with E-state index in [2.05, 4.69) is 0 Å². The summed E-state index contributed by atoms with van der Waals surface area (Å²) in [6.45, 7) is 5.59. The zero-order chi connectivity index (χ0) is 28.1. The lowest BCUT2D eigenvalue weighted by Crippen LogP contribution is -2.49. The molecule has 2 fully saturated rings. The van der Waals surface area contributed by atoms with E-state index in [1.54, 1.807) is 29.2 Å². The zero-order valence-electron chi connectivity index (χ0n) is 23.2.